The Bertz CT molecular complexity index is 879. The molecular formula is C31H48N3+. The average Bonchev–Trinajstić information content (AvgIpc) is 2.89. The third-order valence-corrected chi connectivity index (χ3v) is 5.02. The van der Waals surface area contributed by atoms with Crippen molar-refractivity contribution in [1.29, 1.82) is 0 Å². The molecule has 1 aliphatic rings. The molecular weight excluding hydrogens is 414 g/mol. The van der Waals surface area contributed by atoms with Crippen molar-refractivity contribution in [2.45, 2.75) is 41.5 Å². The first-order valence-corrected chi connectivity index (χ1v) is 12.6. The highest BCUT2D eigenvalue weighted by molar-refractivity contribution is 6.04. The van der Waals surface area contributed by atoms with Crippen molar-refractivity contribution in [3.8, 4) is 0 Å². The molecule has 1 aliphatic carbocycles. The molecule has 0 atom stereocenters. The summed E-state index contributed by atoms with van der Waals surface area (Å²) in [6.07, 6.45) is 8.78. The first kappa shape index (κ1) is 30.9. The van der Waals surface area contributed by atoms with E-state index in [1.54, 1.807) is 0 Å². The Morgan fingerprint density at radius 2 is 0.853 bits per heavy atom. The SMILES string of the molecule is CC.CC.CC.CN(C)c1ccc(C(=C2C=CC(=[N+](C)C)C=C2)c2ccc(N(C)C)cc2)cc1. The molecule has 0 heterocycles. The van der Waals surface area contributed by atoms with Crippen molar-refractivity contribution >= 4 is 22.7 Å². The molecule has 0 saturated heterocycles. The maximum atomic E-state index is 2.21. The molecule has 0 aliphatic heterocycles. The second-order valence-corrected chi connectivity index (χ2v) is 7.70. The topological polar surface area (TPSA) is 9.49 Å². The molecule has 2 aromatic rings. The quantitative estimate of drug-likeness (QED) is 0.434. The van der Waals surface area contributed by atoms with Crippen LogP contribution in [0.4, 0.5) is 11.4 Å². The summed E-state index contributed by atoms with van der Waals surface area (Å²) in [6.45, 7) is 12.0. The molecule has 34 heavy (non-hydrogen) atoms. The highest BCUT2D eigenvalue weighted by Crippen LogP contribution is 2.31. The number of anilines is 2. The van der Waals surface area contributed by atoms with Crippen molar-refractivity contribution in [2.75, 3.05) is 52.1 Å². The van der Waals surface area contributed by atoms with E-state index in [0.29, 0.717) is 0 Å². The molecule has 0 bridgehead atoms. The van der Waals surface area contributed by atoms with E-state index in [2.05, 4.69) is 129 Å². The van der Waals surface area contributed by atoms with Crippen molar-refractivity contribution in [3.05, 3.63) is 89.5 Å². The largest absolute Gasteiger partial charge is 0.378 e. The van der Waals surface area contributed by atoms with Gasteiger partial charge in [0.2, 0.25) is 0 Å². The Morgan fingerprint density at radius 3 is 1.12 bits per heavy atom. The third kappa shape index (κ3) is 8.70. The van der Waals surface area contributed by atoms with Crippen molar-refractivity contribution < 1.29 is 4.58 Å². The molecule has 3 rings (SSSR count). The van der Waals surface area contributed by atoms with E-state index in [9.17, 15) is 0 Å². The zero-order chi connectivity index (χ0) is 26.3. The van der Waals surface area contributed by atoms with Gasteiger partial charge in [-0.05, 0) is 58.7 Å². The van der Waals surface area contributed by atoms with Crippen LogP contribution in [-0.2, 0) is 0 Å². The summed E-state index contributed by atoms with van der Waals surface area (Å²) in [7, 11) is 12.4. The Labute approximate surface area is 210 Å². The standard InChI is InChI=1S/C25H30N3.3C2H6/c1-26(2)22-13-7-19(8-14-22)25(20-9-15-23(16-10-20)27(3)4)21-11-17-24(18-12-21)28(5)6;3*1-2/h7-18H,1-6H3;3*1-2H3/q+1;;;. The van der Waals surface area contributed by atoms with Crippen LogP contribution >= 0.6 is 0 Å². The van der Waals surface area contributed by atoms with E-state index in [0.717, 1.165) is 0 Å². The summed E-state index contributed by atoms with van der Waals surface area (Å²) in [6, 6.07) is 17.6. The predicted octanol–water partition coefficient (Wildman–Crippen LogP) is 7.54. The van der Waals surface area contributed by atoms with E-state index >= 15 is 0 Å². The summed E-state index contributed by atoms with van der Waals surface area (Å²) in [5.74, 6) is 0. The lowest BCUT2D eigenvalue weighted by Gasteiger charge is -2.18. The fourth-order valence-electron chi connectivity index (χ4n) is 3.28. The second kappa shape index (κ2) is 16.5. The van der Waals surface area contributed by atoms with Crippen LogP contribution < -0.4 is 9.80 Å². The number of nitrogens with zero attached hydrogens (tertiary/aromatic N) is 3. The average molecular weight is 463 g/mol. The van der Waals surface area contributed by atoms with E-state index < -0.39 is 0 Å². The van der Waals surface area contributed by atoms with Crippen LogP contribution in [0.15, 0.2) is 78.4 Å². The van der Waals surface area contributed by atoms with Gasteiger partial charge in [-0.25, -0.2) is 4.58 Å². The smallest absolute Gasteiger partial charge is 0.199 e. The van der Waals surface area contributed by atoms with E-state index in [1.807, 2.05) is 41.5 Å². The minimum absolute atomic E-state index is 1.20. The Balaban J connectivity index is 0.00000168. The number of hydrogen-bond acceptors (Lipinski definition) is 2. The third-order valence-electron chi connectivity index (χ3n) is 5.02. The van der Waals surface area contributed by atoms with E-state index in [4.69, 9.17) is 0 Å². The maximum Gasteiger partial charge on any atom is 0.199 e. The van der Waals surface area contributed by atoms with Gasteiger partial charge in [-0.15, -0.1) is 0 Å². The van der Waals surface area contributed by atoms with Gasteiger partial charge in [0.25, 0.3) is 0 Å². The summed E-state index contributed by atoms with van der Waals surface area (Å²) < 4.78 is 2.13. The Hall–Kier alpha value is -3.07. The maximum absolute atomic E-state index is 2.21. The molecule has 2 aromatic carbocycles. The molecule has 3 heteroatoms. The molecule has 0 unspecified atom stereocenters. The minimum atomic E-state index is 1.20. The van der Waals surface area contributed by atoms with Gasteiger partial charge in [0, 0.05) is 51.7 Å². The minimum Gasteiger partial charge on any atom is -0.378 e. The lowest BCUT2D eigenvalue weighted by Crippen LogP contribution is -2.10. The highest BCUT2D eigenvalue weighted by Gasteiger charge is 2.13. The molecule has 0 amide bonds. The molecule has 0 radical (unpaired) electrons. The first-order valence-electron chi connectivity index (χ1n) is 12.6. The Morgan fingerprint density at radius 1 is 0.529 bits per heavy atom. The zero-order valence-corrected chi connectivity index (χ0v) is 23.8. The molecule has 0 N–H and O–H groups in total. The van der Waals surface area contributed by atoms with Gasteiger partial charge in [0.15, 0.2) is 5.71 Å². The molecule has 0 aromatic heterocycles. The summed E-state index contributed by atoms with van der Waals surface area (Å²) in [5.41, 5.74) is 8.53. The van der Waals surface area contributed by atoms with Crippen LogP contribution in [0, 0.1) is 0 Å². The van der Waals surface area contributed by atoms with E-state index in [-0.39, 0.29) is 0 Å². The number of rotatable bonds is 4. The molecule has 0 saturated carbocycles. The highest BCUT2D eigenvalue weighted by atomic mass is 15.1. The van der Waals surface area contributed by atoms with Crippen molar-refractivity contribution in [3.63, 3.8) is 0 Å². The van der Waals surface area contributed by atoms with E-state index in [1.165, 1.54) is 39.4 Å². The fourth-order valence-corrected chi connectivity index (χ4v) is 3.28. The predicted molar refractivity (Wildman–Crippen MR) is 157 cm³/mol. The Kier molecular flexibility index (Phi) is 15.0. The van der Waals surface area contributed by atoms with Crippen molar-refractivity contribution in [2.24, 2.45) is 0 Å². The summed E-state index contributed by atoms with van der Waals surface area (Å²) >= 11 is 0. The molecule has 0 fully saturated rings. The van der Waals surface area contributed by atoms with Crippen LogP contribution in [0.3, 0.4) is 0 Å². The zero-order valence-electron chi connectivity index (χ0n) is 23.8. The van der Waals surface area contributed by atoms with Gasteiger partial charge in [-0.1, -0.05) is 65.8 Å². The second-order valence-electron chi connectivity index (χ2n) is 7.70. The summed E-state index contributed by atoms with van der Waals surface area (Å²) in [4.78, 5) is 4.25. The fraction of sp³-hybridized carbons (Fsp3) is 0.387. The lowest BCUT2D eigenvalue weighted by molar-refractivity contribution is -0.462. The molecule has 186 valence electrons. The number of benzene rings is 2. The molecule has 0 spiro atoms. The van der Waals surface area contributed by atoms with Crippen LogP contribution in [-0.4, -0.2) is 52.6 Å². The van der Waals surface area contributed by atoms with Gasteiger partial charge >= 0.3 is 0 Å². The van der Waals surface area contributed by atoms with Crippen LogP contribution in [0.5, 0.6) is 0 Å². The monoisotopic (exact) mass is 462 g/mol. The first-order chi connectivity index (χ1) is 16.4. The number of allylic oxidation sites excluding steroid dienone is 5. The van der Waals surface area contributed by atoms with Gasteiger partial charge in [-0.2, -0.15) is 0 Å². The van der Waals surface area contributed by atoms with Crippen LogP contribution in [0.25, 0.3) is 5.57 Å². The van der Waals surface area contributed by atoms with Gasteiger partial charge in [-0.3, -0.25) is 0 Å². The number of hydrogen-bond donors (Lipinski definition) is 0. The van der Waals surface area contributed by atoms with Crippen molar-refractivity contribution in [1.82, 2.24) is 0 Å². The van der Waals surface area contributed by atoms with Crippen LogP contribution in [0.1, 0.15) is 52.7 Å². The summed E-state index contributed by atoms with van der Waals surface area (Å²) in [5, 5.41) is 0. The lowest BCUT2D eigenvalue weighted by atomic mass is 9.90. The van der Waals surface area contributed by atoms with Gasteiger partial charge in [0.1, 0.15) is 14.1 Å². The molecule has 3 nitrogen and oxygen atoms in total. The van der Waals surface area contributed by atoms with Crippen LogP contribution in [0.2, 0.25) is 0 Å². The van der Waals surface area contributed by atoms with Gasteiger partial charge < -0.3 is 9.80 Å². The van der Waals surface area contributed by atoms with Gasteiger partial charge in [0.05, 0.1) is 0 Å². The normalized spacial score (nSPS) is 11.2.